The maximum Gasteiger partial charge on any atom is 0.267 e. The Hall–Kier alpha value is -2.56. The maximum atomic E-state index is 11.1. The topological polar surface area (TPSA) is 92.0 Å². The van der Waals surface area contributed by atoms with Gasteiger partial charge in [-0.05, 0) is 12.1 Å². The molecule has 3 aromatic rings. The number of pyridine rings is 1. The fraction of sp³-hybridized carbons (Fsp3) is 0. The van der Waals surface area contributed by atoms with Gasteiger partial charge in [0.25, 0.3) is 5.91 Å². The Morgan fingerprint density at radius 1 is 1.29 bits per heavy atom. The molecule has 5 nitrogen and oxygen atoms in total. The molecule has 0 aliphatic rings. The highest BCUT2D eigenvalue weighted by Crippen LogP contribution is 2.30. The summed E-state index contributed by atoms with van der Waals surface area (Å²) >= 11 is 0. The van der Waals surface area contributed by atoms with Crippen molar-refractivity contribution in [3.05, 3.63) is 36.0 Å². The van der Waals surface area contributed by atoms with Gasteiger partial charge in [0, 0.05) is 16.3 Å². The Labute approximate surface area is 95.9 Å². The van der Waals surface area contributed by atoms with Gasteiger partial charge in [0.15, 0.2) is 0 Å². The third-order valence-electron chi connectivity index (χ3n) is 2.73. The molecule has 0 aliphatic heterocycles. The number of nitrogens with one attached hydrogen (secondary N) is 1. The first kappa shape index (κ1) is 9.65. The third-order valence-corrected chi connectivity index (χ3v) is 2.73. The van der Waals surface area contributed by atoms with Crippen molar-refractivity contribution in [3.63, 3.8) is 0 Å². The van der Waals surface area contributed by atoms with Crippen molar-refractivity contribution in [3.8, 4) is 5.88 Å². The van der Waals surface area contributed by atoms with Crippen LogP contribution in [0.1, 0.15) is 10.5 Å². The smallest absolute Gasteiger partial charge is 0.267 e. The Kier molecular flexibility index (Phi) is 1.82. The van der Waals surface area contributed by atoms with Crippen molar-refractivity contribution in [1.82, 2.24) is 9.97 Å². The van der Waals surface area contributed by atoms with Gasteiger partial charge in [-0.3, -0.25) is 4.79 Å². The van der Waals surface area contributed by atoms with E-state index in [1.165, 1.54) is 0 Å². The summed E-state index contributed by atoms with van der Waals surface area (Å²) in [6, 6.07) is 9.14. The summed E-state index contributed by atoms with van der Waals surface area (Å²) in [6.45, 7) is 0. The van der Waals surface area contributed by atoms with Gasteiger partial charge in [0.1, 0.15) is 11.2 Å². The predicted octanol–water partition coefficient (Wildman–Crippen LogP) is 1.52. The minimum absolute atomic E-state index is 0.0553. The molecule has 1 amide bonds. The molecule has 5 heteroatoms. The van der Waals surface area contributed by atoms with E-state index in [2.05, 4.69) is 9.97 Å². The molecule has 2 heterocycles. The van der Waals surface area contributed by atoms with Gasteiger partial charge < -0.3 is 15.8 Å². The molecule has 0 bridgehead atoms. The number of aromatic amines is 1. The zero-order chi connectivity index (χ0) is 12.0. The minimum Gasteiger partial charge on any atom is -0.492 e. The van der Waals surface area contributed by atoms with Gasteiger partial charge >= 0.3 is 0 Å². The minimum atomic E-state index is -0.660. The third kappa shape index (κ3) is 1.32. The van der Waals surface area contributed by atoms with E-state index in [-0.39, 0.29) is 11.6 Å². The van der Waals surface area contributed by atoms with Gasteiger partial charge in [-0.1, -0.05) is 18.2 Å². The predicted molar refractivity (Wildman–Crippen MR) is 63.8 cm³/mol. The van der Waals surface area contributed by atoms with Crippen molar-refractivity contribution in [2.75, 3.05) is 0 Å². The van der Waals surface area contributed by atoms with E-state index in [0.29, 0.717) is 5.52 Å². The molecule has 0 aliphatic carbocycles. The number of benzene rings is 1. The molecular formula is C12H9N3O2. The zero-order valence-corrected chi connectivity index (χ0v) is 8.77. The monoisotopic (exact) mass is 227 g/mol. The first-order chi connectivity index (χ1) is 8.16. The molecule has 0 unspecified atom stereocenters. The van der Waals surface area contributed by atoms with E-state index >= 15 is 0 Å². The second-order valence-corrected chi connectivity index (χ2v) is 3.79. The van der Waals surface area contributed by atoms with Gasteiger partial charge in [-0.25, -0.2) is 4.98 Å². The highest BCUT2D eigenvalue weighted by atomic mass is 16.3. The van der Waals surface area contributed by atoms with Crippen LogP contribution in [0, 0.1) is 0 Å². The lowest BCUT2D eigenvalue weighted by atomic mass is 10.1. The molecule has 0 atom stereocenters. The molecule has 0 saturated carbocycles. The zero-order valence-electron chi connectivity index (χ0n) is 8.77. The van der Waals surface area contributed by atoms with Crippen molar-refractivity contribution in [2.24, 2.45) is 5.73 Å². The Morgan fingerprint density at radius 2 is 2.06 bits per heavy atom. The van der Waals surface area contributed by atoms with Crippen molar-refractivity contribution < 1.29 is 9.90 Å². The van der Waals surface area contributed by atoms with Crippen LogP contribution >= 0.6 is 0 Å². The number of hydrogen-bond donors (Lipinski definition) is 3. The number of rotatable bonds is 1. The SMILES string of the molecule is NC(=O)c1cc2c([nH]c3ccccc32)c(O)n1. The van der Waals surface area contributed by atoms with Crippen molar-refractivity contribution in [1.29, 1.82) is 0 Å². The number of para-hydroxylation sites is 1. The number of fused-ring (bicyclic) bond motifs is 3. The summed E-state index contributed by atoms with van der Waals surface area (Å²) in [6.07, 6.45) is 0. The van der Waals surface area contributed by atoms with Gasteiger partial charge in [-0.15, -0.1) is 0 Å². The molecule has 84 valence electrons. The second kappa shape index (κ2) is 3.21. The fourth-order valence-electron chi connectivity index (χ4n) is 1.96. The van der Waals surface area contributed by atoms with Crippen LogP contribution in [-0.2, 0) is 0 Å². The number of primary amides is 1. The lowest BCUT2D eigenvalue weighted by Crippen LogP contribution is -2.12. The highest BCUT2D eigenvalue weighted by Gasteiger charge is 2.12. The van der Waals surface area contributed by atoms with E-state index in [1.54, 1.807) is 6.07 Å². The lowest BCUT2D eigenvalue weighted by Gasteiger charge is -1.98. The summed E-state index contributed by atoms with van der Waals surface area (Å²) in [4.78, 5) is 17.9. The van der Waals surface area contributed by atoms with Crippen LogP contribution in [0.25, 0.3) is 21.8 Å². The van der Waals surface area contributed by atoms with Crippen molar-refractivity contribution in [2.45, 2.75) is 0 Å². The molecule has 0 saturated heterocycles. The van der Waals surface area contributed by atoms with Crippen LogP contribution < -0.4 is 5.73 Å². The van der Waals surface area contributed by atoms with Gasteiger partial charge in [-0.2, -0.15) is 0 Å². The molecule has 0 spiro atoms. The first-order valence-corrected chi connectivity index (χ1v) is 5.07. The van der Waals surface area contributed by atoms with Crippen LogP contribution in [0.3, 0.4) is 0 Å². The van der Waals surface area contributed by atoms with Gasteiger partial charge in [0.2, 0.25) is 5.88 Å². The Balaban J connectivity index is 2.50. The van der Waals surface area contributed by atoms with Gasteiger partial charge in [0.05, 0.1) is 0 Å². The second-order valence-electron chi connectivity index (χ2n) is 3.79. The number of aromatic hydroxyl groups is 1. The fourth-order valence-corrected chi connectivity index (χ4v) is 1.96. The molecule has 3 rings (SSSR count). The van der Waals surface area contributed by atoms with Crippen LogP contribution in [0.5, 0.6) is 5.88 Å². The van der Waals surface area contributed by atoms with Crippen LogP contribution in [0.15, 0.2) is 30.3 Å². The number of aromatic nitrogens is 2. The number of H-pyrrole nitrogens is 1. The lowest BCUT2D eigenvalue weighted by molar-refractivity contribution is 0.0995. The van der Waals surface area contributed by atoms with E-state index in [1.807, 2.05) is 24.3 Å². The van der Waals surface area contributed by atoms with Crippen LogP contribution in [-0.4, -0.2) is 21.0 Å². The summed E-state index contributed by atoms with van der Waals surface area (Å²) in [5.74, 6) is -0.875. The van der Waals surface area contributed by atoms with E-state index in [4.69, 9.17) is 5.73 Å². The molecule has 0 fully saturated rings. The normalized spacial score (nSPS) is 11.1. The number of hydrogen-bond acceptors (Lipinski definition) is 3. The Morgan fingerprint density at radius 3 is 2.82 bits per heavy atom. The molecule has 4 N–H and O–H groups in total. The average molecular weight is 227 g/mol. The number of amides is 1. The largest absolute Gasteiger partial charge is 0.492 e. The van der Waals surface area contributed by atoms with Crippen LogP contribution in [0.4, 0.5) is 0 Å². The van der Waals surface area contributed by atoms with Crippen molar-refractivity contribution >= 4 is 27.7 Å². The molecule has 17 heavy (non-hydrogen) atoms. The summed E-state index contributed by atoms with van der Waals surface area (Å²) in [7, 11) is 0. The highest BCUT2D eigenvalue weighted by molar-refractivity contribution is 6.10. The summed E-state index contributed by atoms with van der Waals surface area (Å²) < 4.78 is 0. The molecule has 1 aromatic carbocycles. The number of nitrogens with zero attached hydrogens (tertiary/aromatic N) is 1. The molecular weight excluding hydrogens is 218 g/mol. The average Bonchev–Trinajstić information content (AvgIpc) is 2.68. The standard InChI is InChI=1S/C12H9N3O2/c13-11(16)9-5-7-6-3-1-2-4-8(6)14-10(7)12(17)15-9/h1-5,14H,(H2,13,16)(H,15,17). The number of carbonyl (C=O) groups excluding carboxylic acids is 1. The van der Waals surface area contributed by atoms with E-state index in [9.17, 15) is 9.90 Å². The Bertz CT molecular complexity index is 746. The summed E-state index contributed by atoms with van der Waals surface area (Å²) in [5.41, 5.74) is 6.61. The molecule has 0 radical (unpaired) electrons. The number of nitrogens with two attached hydrogens (primary N) is 1. The summed E-state index contributed by atoms with van der Waals surface area (Å²) in [5, 5.41) is 11.4. The molecule has 2 aromatic heterocycles. The maximum absolute atomic E-state index is 11.1. The number of carbonyl (C=O) groups is 1. The quantitative estimate of drug-likeness (QED) is 0.588. The first-order valence-electron chi connectivity index (χ1n) is 5.07. The van der Waals surface area contributed by atoms with Crippen LogP contribution in [0.2, 0.25) is 0 Å². The van der Waals surface area contributed by atoms with E-state index < -0.39 is 5.91 Å². The van der Waals surface area contributed by atoms with E-state index in [0.717, 1.165) is 16.3 Å².